The lowest BCUT2D eigenvalue weighted by Gasteiger charge is -2.12. The number of benzene rings is 1. The monoisotopic (exact) mass is 250 g/mol. The average molecular weight is 250 g/mol. The summed E-state index contributed by atoms with van der Waals surface area (Å²) in [4.78, 5) is 10.4. The molecule has 0 spiro atoms. The van der Waals surface area contributed by atoms with E-state index in [9.17, 15) is 10.1 Å². The maximum atomic E-state index is 10.7. The van der Waals surface area contributed by atoms with E-state index in [1.54, 1.807) is 19.2 Å². The summed E-state index contributed by atoms with van der Waals surface area (Å²) in [5, 5.41) is 14.1. The van der Waals surface area contributed by atoms with Crippen molar-refractivity contribution in [3.05, 3.63) is 33.9 Å². The van der Waals surface area contributed by atoms with Crippen LogP contribution in [0.4, 0.5) is 5.69 Å². The lowest BCUT2D eigenvalue weighted by atomic mass is 10.1. The number of nitro benzene ring substituents is 1. The fraction of sp³-hybridized carbons (Fsp3) is 0.538. The molecule has 0 aromatic heterocycles. The highest BCUT2D eigenvalue weighted by Crippen LogP contribution is 2.44. The van der Waals surface area contributed by atoms with Gasteiger partial charge in [-0.3, -0.25) is 10.1 Å². The van der Waals surface area contributed by atoms with Gasteiger partial charge in [-0.2, -0.15) is 0 Å². The Balaban J connectivity index is 2.03. The van der Waals surface area contributed by atoms with Gasteiger partial charge in [0.05, 0.1) is 12.0 Å². The summed E-state index contributed by atoms with van der Waals surface area (Å²) >= 11 is 0. The van der Waals surface area contributed by atoms with Crippen LogP contribution in [0.1, 0.15) is 25.3 Å². The Bertz CT molecular complexity index is 456. The number of rotatable bonds is 6. The van der Waals surface area contributed by atoms with Gasteiger partial charge in [0.1, 0.15) is 5.75 Å². The highest BCUT2D eigenvalue weighted by molar-refractivity contribution is 5.43. The van der Waals surface area contributed by atoms with Crippen LogP contribution < -0.4 is 10.1 Å². The molecule has 1 aromatic carbocycles. The number of nitrogens with one attached hydrogen (secondary N) is 1. The molecule has 18 heavy (non-hydrogen) atoms. The van der Waals surface area contributed by atoms with E-state index in [0.29, 0.717) is 17.7 Å². The zero-order chi connectivity index (χ0) is 13.2. The zero-order valence-electron chi connectivity index (χ0n) is 10.7. The molecule has 1 saturated carbocycles. The first-order valence-corrected chi connectivity index (χ1v) is 6.06. The molecule has 1 fully saturated rings. The summed E-state index contributed by atoms with van der Waals surface area (Å²) in [7, 11) is 1.58. The van der Waals surface area contributed by atoms with Gasteiger partial charge in [-0.15, -0.1) is 0 Å². The van der Waals surface area contributed by atoms with Crippen LogP contribution in [-0.2, 0) is 6.54 Å². The molecule has 0 atom stereocenters. The maximum absolute atomic E-state index is 10.7. The van der Waals surface area contributed by atoms with Crippen LogP contribution in [0, 0.1) is 15.5 Å². The number of non-ortho nitro benzene ring substituents is 1. The lowest BCUT2D eigenvalue weighted by Crippen LogP contribution is -2.21. The second-order valence-corrected chi connectivity index (χ2v) is 5.17. The van der Waals surface area contributed by atoms with E-state index in [0.717, 1.165) is 12.1 Å². The molecule has 0 unspecified atom stereocenters. The number of ether oxygens (including phenoxy) is 1. The molecular formula is C13H18N2O3. The Morgan fingerprint density at radius 1 is 1.50 bits per heavy atom. The van der Waals surface area contributed by atoms with Crippen molar-refractivity contribution in [1.29, 1.82) is 0 Å². The van der Waals surface area contributed by atoms with Crippen molar-refractivity contribution >= 4 is 5.69 Å². The van der Waals surface area contributed by atoms with Gasteiger partial charge in [0.25, 0.3) is 5.69 Å². The normalized spacial score (nSPS) is 16.3. The van der Waals surface area contributed by atoms with Crippen LogP contribution in [0.3, 0.4) is 0 Å². The Kier molecular flexibility index (Phi) is 3.52. The van der Waals surface area contributed by atoms with E-state index in [4.69, 9.17) is 4.74 Å². The Morgan fingerprint density at radius 3 is 2.78 bits per heavy atom. The van der Waals surface area contributed by atoms with Crippen LogP contribution in [0.25, 0.3) is 0 Å². The number of hydrogen-bond acceptors (Lipinski definition) is 4. The first kappa shape index (κ1) is 12.8. The first-order valence-electron chi connectivity index (χ1n) is 6.06. The summed E-state index contributed by atoms with van der Waals surface area (Å²) in [6, 6.07) is 4.68. The van der Waals surface area contributed by atoms with Crippen LogP contribution in [0.5, 0.6) is 5.75 Å². The van der Waals surface area contributed by atoms with Crippen molar-refractivity contribution in [2.24, 2.45) is 5.41 Å². The van der Waals surface area contributed by atoms with Gasteiger partial charge in [0.2, 0.25) is 0 Å². The van der Waals surface area contributed by atoms with E-state index in [1.807, 2.05) is 0 Å². The van der Waals surface area contributed by atoms with Gasteiger partial charge in [-0.1, -0.05) is 6.92 Å². The topological polar surface area (TPSA) is 64.4 Å². The highest BCUT2D eigenvalue weighted by Gasteiger charge is 2.36. The molecule has 1 aliphatic rings. The van der Waals surface area contributed by atoms with Crippen molar-refractivity contribution in [2.75, 3.05) is 13.7 Å². The van der Waals surface area contributed by atoms with E-state index < -0.39 is 0 Å². The minimum Gasteiger partial charge on any atom is -0.496 e. The van der Waals surface area contributed by atoms with Gasteiger partial charge < -0.3 is 10.1 Å². The molecule has 98 valence electrons. The molecule has 0 radical (unpaired) electrons. The SMILES string of the molecule is COc1ccc([N+](=O)[O-])cc1CNCC1(C)CC1. The summed E-state index contributed by atoms with van der Waals surface area (Å²) in [6.07, 6.45) is 2.51. The summed E-state index contributed by atoms with van der Waals surface area (Å²) in [5.41, 5.74) is 1.36. The van der Waals surface area contributed by atoms with Crippen LogP contribution in [0.15, 0.2) is 18.2 Å². The standard InChI is InChI=1S/C13H18N2O3/c1-13(5-6-13)9-14-8-10-7-11(15(16)17)3-4-12(10)18-2/h3-4,7,14H,5-6,8-9H2,1-2H3. The minimum atomic E-state index is -0.384. The molecule has 1 aliphatic carbocycles. The van der Waals surface area contributed by atoms with E-state index in [-0.39, 0.29) is 10.6 Å². The van der Waals surface area contributed by atoms with Gasteiger partial charge in [-0.05, 0) is 24.3 Å². The van der Waals surface area contributed by atoms with Crippen LogP contribution in [-0.4, -0.2) is 18.6 Å². The molecule has 0 aliphatic heterocycles. The Morgan fingerprint density at radius 2 is 2.22 bits per heavy atom. The maximum Gasteiger partial charge on any atom is 0.270 e. The largest absolute Gasteiger partial charge is 0.496 e. The Labute approximate surface area is 106 Å². The number of methoxy groups -OCH3 is 1. The molecular weight excluding hydrogens is 232 g/mol. The molecule has 1 N–H and O–H groups in total. The van der Waals surface area contributed by atoms with Gasteiger partial charge in [0, 0.05) is 30.8 Å². The average Bonchev–Trinajstić information content (AvgIpc) is 3.07. The number of nitro groups is 1. The van der Waals surface area contributed by atoms with E-state index in [2.05, 4.69) is 12.2 Å². The second kappa shape index (κ2) is 4.94. The molecule has 5 nitrogen and oxygen atoms in total. The number of hydrogen-bond donors (Lipinski definition) is 1. The second-order valence-electron chi connectivity index (χ2n) is 5.17. The van der Waals surface area contributed by atoms with Gasteiger partial charge >= 0.3 is 0 Å². The molecule has 0 bridgehead atoms. The minimum absolute atomic E-state index is 0.102. The summed E-state index contributed by atoms with van der Waals surface area (Å²) in [6.45, 7) is 3.78. The van der Waals surface area contributed by atoms with Crippen molar-refractivity contribution in [1.82, 2.24) is 5.32 Å². The van der Waals surface area contributed by atoms with Crippen molar-refractivity contribution in [2.45, 2.75) is 26.3 Å². The van der Waals surface area contributed by atoms with E-state index >= 15 is 0 Å². The van der Waals surface area contributed by atoms with Gasteiger partial charge in [0.15, 0.2) is 0 Å². The molecule has 2 rings (SSSR count). The lowest BCUT2D eigenvalue weighted by molar-refractivity contribution is -0.384. The van der Waals surface area contributed by atoms with Crippen molar-refractivity contribution in [3.8, 4) is 5.75 Å². The zero-order valence-corrected chi connectivity index (χ0v) is 10.7. The van der Waals surface area contributed by atoms with Crippen LogP contribution in [0.2, 0.25) is 0 Å². The fourth-order valence-corrected chi connectivity index (χ4v) is 1.91. The third-order valence-corrected chi connectivity index (χ3v) is 3.45. The molecule has 0 heterocycles. The van der Waals surface area contributed by atoms with Crippen molar-refractivity contribution < 1.29 is 9.66 Å². The first-order chi connectivity index (χ1) is 8.54. The molecule has 0 amide bonds. The Hall–Kier alpha value is -1.62. The predicted octanol–water partition coefficient (Wildman–Crippen LogP) is 2.49. The quantitative estimate of drug-likeness (QED) is 0.622. The molecule has 0 saturated heterocycles. The van der Waals surface area contributed by atoms with Gasteiger partial charge in [-0.25, -0.2) is 0 Å². The molecule has 1 aromatic rings. The fourth-order valence-electron chi connectivity index (χ4n) is 1.91. The summed E-state index contributed by atoms with van der Waals surface area (Å²) in [5.74, 6) is 0.689. The van der Waals surface area contributed by atoms with E-state index in [1.165, 1.54) is 18.9 Å². The smallest absolute Gasteiger partial charge is 0.270 e. The number of nitrogens with zero attached hydrogens (tertiary/aromatic N) is 1. The van der Waals surface area contributed by atoms with Crippen molar-refractivity contribution in [3.63, 3.8) is 0 Å². The van der Waals surface area contributed by atoms with Crippen LogP contribution >= 0.6 is 0 Å². The third kappa shape index (κ3) is 2.98. The highest BCUT2D eigenvalue weighted by atomic mass is 16.6. The third-order valence-electron chi connectivity index (χ3n) is 3.45. The molecule has 5 heteroatoms. The summed E-state index contributed by atoms with van der Waals surface area (Å²) < 4.78 is 5.22. The predicted molar refractivity (Wildman–Crippen MR) is 68.7 cm³/mol.